The Labute approximate surface area is 132 Å². The number of nitrogens with zero attached hydrogens (tertiary/aromatic N) is 2. The minimum atomic E-state index is -0.537. The molecular formula is C15H17ClFN3O2. The summed E-state index contributed by atoms with van der Waals surface area (Å²) in [7, 11) is 0. The maximum Gasteiger partial charge on any atom is 0.227 e. The van der Waals surface area contributed by atoms with Crippen LogP contribution in [0.4, 0.5) is 10.1 Å². The first-order valence-electron chi connectivity index (χ1n) is 6.83. The zero-order valence-corrected chi connectivity index (χ0v) is 13.4. The molecule has 0 aliphatic rings. The van der Waals surface area contributed by atoms with Crippen molar-refractivity contribution in [2.45, 2.75) is 39.0 Å². The summed E-state index contributed by atoms with van der Waals surface area (Å²) in [6.45, 7) is 5.91. The average molecular weight is 326 g/mol. The number of carbonyl (C=O) groups excluding carboxylic acids is 1. The summed E-state index contributed by atoms with van der Waals surface area (Å²) in [6, 6.07) is 3.98. The van der Waals surface area contributed by atoms with E-state index in [-0.39, 0.29) is 29.9 Å². The van der Waals surface area contributed by atoms with E-state index in [0.717, 1.165) is 0 Å². The van der Waals surface area contributed by atoms with Gasteiger partial charge in [-0.3, -0.25) is 4.79 Å². The monoisotopic (exact) mass is 325 g/mol. The van der Waals surface area contributed by atoms with Crippen molar-refractivity contribution < 1.29 is 13.7 Å². The summed E-state index contributed by atoms with van der Waals surface area (Å²) in [5, 5.41) is 6.70. The summed E-state index contributed by atoms with van der Waals surface area (Å²) < 4.78 is 18.6. The van der Waals surface area contributed by atoms with Crippen molar-refractivity contribution in [2.24, 2.45) is 0 Å². The molecule has 2 aromatic rings. The van der Waals surface area contributed by atoms with Gasteiger partial charge in [0.25, 0.3) is 0 Å². The molecule has 0 radical (unpaired) electrons. The standard InChI is InChI=1S/C15H17ClFN3O2/c1-15(2,3)14-19-13(22-20-14)7-6-12(21)18-11-8-9(16)4-5-10(11)17/h4-5,8H,6-7H2,1-3H3,(H,18,21). The van der Waals surface area contributed by atoms with Gasteiger partial charge in [0, 0.05) is 23.3 Å². The quantitative estimate of drug-likeness (QED) is 0.930. The van der Waals surface area contributed by atoms with Crippen LogP contribution in [0.1, 0.15) is 38.9 Å². The number of nitrogens with one attached hydrogen (secondary N) is 1. The van der Waals surface area contributed by atoms with Crippen LogP contribution in [-0.2, 0) is 16.6 Å². The van der Waals surface area contributed by atoms with Gasteiger partial charge in [-0.1, -0.05) is 37.5 Å². The van der Waals surface area contributed by atoms with Gasteiger partial charge in [0.15, 0.2) is 5.82 Å². The molecule has 2 rings (SSSR count). The molecule has 0 aliphatic heterocycles. The fourth-order valence-electron chi connectivity index (χ4n) is 1.69. The number of aromatic nitrogens is 2. The lowest BCUT2D eigenvalue weighted by molar-refractivity contribution is -0.116. The van der Waals surface area contributed by atoms with Crippen LogP contribution >= 0.6 is 11.6 Å². The highest BCUT2D eigenvalue weighted by molar-refractivity contribution is 6.30. The molecule has 0 fully saturated rings. The maximum absolute atomic E-state index is 13.5. The normalized spacial score (nSPS) is 11.5. The molecule has 0 saturated heterocycles. The minimum absolute atomic E-state index is 0.0541. The number of aryl methyl sites for hydroxylation is 1. The average Bonchev–Trinajstić information content (AvgIpc) is 2.89. The first-order valence-corrected chi connectivity index (χ1v) is 7.21. The highest BCUT2D eigenvalue weighted by Gasteiger charge is 2.21. The van der Waals surface area contributed by atoms with Crippen molar-refractivity contribution in [3.05, 3.63) is 40.8 Å². The molecule has 0 saturated carbocycles. The lowest BCUT2D eigenvalue weighted by Crippen LogP contribution is -2.14. The highest BCUT2D eigenvalue weighted by atomic mass is 35.5. The fourth-order valence-corrected chi connectivity index (χ4v) is 1.86. The van der Waals surface area contributed by atoms with E-state index in [9.17, 15) is 9.18 Å². The van der Waals surface area contributed by atoms with Crippen LogP contribution < -0.4 is 5.32 Å². The summed E-state index contributed by atoms with van der Waals surface area (Å²) >= 11 is 5.77. The highest BCUT2D eigenvalue weighted by Crippen LogP contribution is 2.20. The number of halogens is 2. The number of carbonyl (C=O) groups is 1. The summed E-state index contributed by atoms with van der Waals surface area (Å²) in [5.74, 6) is 0.0812. The molecule has 1 heterocycles. The van der Waals surface area contributed by atoms with Gasteiger partial charge >= 0.3 is 0 Å². The molecule has 1 amide bonds. The second-order valence-electron chi connectivity index (χ2n) is 5.93. The van der Waals surface area contributed by atoms with Crippen LogP contribution in [-0.4, -0.2) is 16.0 Å². The SMILES string of the molecule is CC(C)(C)c1noc(CCC(=O)Nc2cc(Cl)ccc2F)n1. The summed E-state index contributed by atoms with van der Waals surface area (Å²) in [6.07, 6.45) is 0.398. The second kappa shape index (κ2) is 6.44. The number of anilines is 1. The van der Waals surface area contributed by atoms with Crippen molar-refractivity contribution in [3.63, 3.8) is 0 Å². The van der Waals surface area contributed by atoms with Crippen LogP contribution in [0.25, 0.3) is 0 Å². The number of amides is 1. The zero-order chi connectivity index (χ0) is 16.3. The Hall–Kier alpha value is -1.95. The Balaban J connectivity index is 1.93. The smallest absolute Gasteiger partial charge is 0.227 e. The molecular weight excluding hydrogens is 309 g/mol. The van der Waals surface area contributed by atoms with Gasteiger partial charge in [0.2, 0.25) is 11.8 Å². The lowest BCUT2D eigenvalue weighted by Gasteiger charge is -2.10. The van der Waals surface area contributed by atoms with Crippen LogP contribution in [0.3, 0.4) is 0 Å². The summed E-state index contributed by atoms with van der Waals surface area (Å²) in [4.78, 5) is 16.1. The van der Waals surface area contributed by atoms with Crippen molar-refractivity contribution in [1.82, 2.24) is 10.1 Å². The molecule has 0 atom stereocenters. The fraction of sp³-hybridized carbons (Fsp3) is 0.400. The van der Waals surface area contributed by atoms with Gasteiger partial charge in [-0.15, -0.1) is 0 Å². The molecule has 1 N–H and O–H groups in total. The molecule has 5 nitrogen and oxygen atoms in total. The van der Waals surface area contributed by atoms with Gasteiger partial charge in [0.05, 0.1) is 5.69 Å². The van der Waals surface area contributed by atoms with E-state index in [0.29, 0.717) is 16.7 Å². The molecule has 1 aromatic carbocycles. The third kappa shape index (κ3) is 4.27. The van der Waals surface area contributed by atoms with Crippen molar-refractivity contribution >= 4 is 23.2 Å². The molecule has 1 aromatic heterocycles. The number of rotatable bonds is 4. The van der Waals surface area contributed by atoms with Crippen LogP contribution in [0.5, 0.6) is 0 Å². The van der Waals surface area contributed by atoms with Gasteiger partial charge in [-0.05, 0) is 18.2 Å². The van der Waals surface area contributed by atoms with E-state index in [1.54, 1.807) is 0 Å². The topological polar surface area (TPSA) is 68.0 Å². The van der Waals surface area contributed by atoms with E-state index >= 15 is 0 Å². The molecule has 118 valence electrons. The van der Waals surface area contributed by atoms with Crippen LogP contribution in [0.15, 0.2) is 22.7 Å². The van der Waals surface area contributed by atoms with Gasteiger partial charge in [0.1, 0.15) is 5.82 Å². The van der Waals surface area contributed by atoms with Gasteiger partial charge < -0.3 is 9.84 Å². The van der Waals surface area contributed by atoms with E-state index in [2.05, 4.69) is 15.5 Å². The number of hydrogen-bond donors (Lipinski definition) is 1. The Kier molecular flexibility index (Phi) is 4.81. The Morgan fingerprint density at radius 1 is 1.41 bits per heavy atom. The van der Waals surface area contributed by atoms with Crippen LogP contribution in [0, 0.1) is 5.82 Å². The van der Waals surface area contributed by atoms with Crippen molar-refractivity contribution in [3.8, 4) is 0 Å². The van der Waals surface area contributed by atoms with E-state index in [4.69, 9.17) is 16.1 Å². The predicted octanol–water partition coefficient (Wildman–Crippen LogP) is 3.73. The first kappa shape index (κ1) is 16.4. The second-order valence-corrected chi connectivity index (χ2v) is 6.37. The Morgan fingerprint density at radius 2 is 2.14 bits per heavy atom. The van der Waals surface area contributed by atoms with Crippen LogP contribution in [0.2, 0.25) is 5.02 Å². The third-order valence-electron chi connectivity index (χ3n) is 2.91. The summed E-state index contributed by atoms with van der Waals surface area (Å²) in [5.41, 5.74) is -0.160. The maximum atomic E-state index is 13.5. The first-order chi connectivity index (χ1) is 10.3. The van der Waals surface area contributed by atoms with Crippen molar-refractivity contribution in [2.75, 3.05) is 5.32 Å². The zero-order valence-electron chi connectivity index (χ0n) is 12.6. The molecule has 0 unspecified atom stereocenters. The van der Waals surface area contributed by atoms with E-state index in [1.807, 2.05) is 20.8 Å². The Bertz CT molecular complexity index is 680. The minimum Gasteiger partial charge on any atom is -0.339 e. The van der Waals surface area contributed by atoms with Gasteiger partial charge in [-0.25, -0.2) is 4.39 Å². The number of benzene rings is 1. The Morgan fingerprint density at radius 3 is 2.77 bits per heavy atom. The molecule has 22 heavy (non-hydrogen) atoms. The molecule has 0 bridgehead atoms. The number of hydrogen-bond acceptors (Lipinski definition) is 4. The van der Waals surface area contributed by atoms with Crippen molar-refractivity contribution in [1.29, 1.82) is 0 Å². The lowest BCUT2D eigenvalue weighted by atomic mass is 9.96. The molecule has 0 spiro atoms. The third-order valence-corrected chi connectivity index (χ3v) is 3.14. The van der Waals surface area contributed by atoms with Gasteiger partial charge in [-0.2, -0.15) is 4.98 Å². The van der Waals surface area contributed by atoms with E-state index in [1.165, 1.54) is 18.2 Å². The largest absolute Gasteiger partial charge is 0.339 e. The molecule has 7 heteroatoms. The molecule has 0 aliphatic carbocycles. The van der Waals surface area contributed by atoms with E-state index < -0.39 is 5.82 Å². The predicted molar refractivity (Wildman–Crippen MR) is 81.4 cm³/mol.